The number of carboxylic acids is 1. The van der Waals surface area contributed by atoms with Crippen LogP contribution in [-0.4, -0.2) is 83.2 Å². The Balaban J connectivity index is 1.69. The molecule has 0 aliphatic carbocycles. The van der Waals surface area contributed by atoms with E-state index in [0.717, 1.165) is 51.6 Å². The summed E-state index contributed by atoms with van der Waals surface area (Å²) in [5.41, 5.74) is 1.06. The van der Waals surface area contributed by atoms with Gasteiger partial charge in [-0.2, -0.15) is 0 Å². The Bertz CT molecular complexity index is 895. The summed E-state index contributed by atoms with van der Waals surface area (Å²) in [6, 6.07) is 7.03. The second kappa shape index (κ2) is 13.9. The first kappa shape index (κ1) is 26.0. The van der Waals surface area contributed by atoms with Gasteiger partial charge in [-0.15, -0.1) is 0 Å². The van der Waals surface area contributed by atoms with E-state index in [1.54, 1.807) is 12.1 Å². The van der Waals surface area contributed by atoms with Gasteiger partial charge in [0.05, 0.1) is 31.7 Å². The highest BCUT2D eigenvalue weighted by molar-refractivity contribution is 5.79. The van der Waals surface area contributed by atoms with Crippen LogP contribution in [0.2, 0.25) is 0 Å². The molecule has 3 rings (SSSR count). The number of furan rings is 1. The molecule has 0 saturated carbocycles. The van der Waals surface area contributed by atoms with Gasteiger partial charge in [-0.1, -0.05) is 0 Å². The molecule has 2 aromatic rings. The zero-order valence-corrected chi connectivity index (χ0v) is 19.8. The standard InChI is InChI=1S/C24H34N2O8/c1-29-16-32-20-12-18(13-23(27)28)24(22(14-20)33-17-30-2)21-5-4-19(34-21)15-25-6-3-7-26-8-10-31-11-9-26/h4-5,12,14,25H,3,6-11,13,15-17H2,1-2H3,(H,27,28). The third kappa shape index (κ3) is 8.00. The SMILES string of the molecule is COCOc1cc(CC(=O)O)c(-c2ccc(CNCCCN3CCOCC3)o2)c(OCOC)c1. The van der Waals surface area contributed by atoms with Crippen LogP contribution in [-0.2, 0) is 32.0 Å². The molecular formula is C24H34N2O8. The van der Waals surface area contributed by atoms with E-state index in [1.807, 2.05) is 12.1 Å². The molecular weight excluding hydrogens is 444 g/mol. The quantitative estimate of drug-likeness (QED) is 0.292. The summed E-state index contributed by atoms with van der Waals surface area (Å²) in [6.07, 6.45) is 0.812. The molecule has 10 heteroatoms. The minimum Gasteiger partial charge on any atom is -0.481 e. The van der Waals surface area contributed by atoms with Crippen LogP contribution in [0.5, 0.6) is 11.5 Å². The van der Waals surface area contributed by atoms with Crippen molar-refractivity contribution < 1.29 is 38.0 Å². The Labute approximate surface area is 199 Å². The largest absolute Gasteiger partial charge is 0.481 e. The zero-order valence-electron chi connectivity index (χ0n) is 19.8. The van der Waals surface area contributed by atoms with Crippen molar-refractivity contribution in [2.75, 3.05) is 67.2 Å². The van der Waals surface area contributed by atoms with Gasteiger partial charge in [-0.05, 0) is 43.3 Å². The second-order valence-corrected chi connectivity index (χ2v) is 7.88. The van der Waals surface area contributed by atoms with E-state index in [9.17, 15) is 9.90 Å². The summed E-state index contributed by atoms with van der Waals surface area (Å²) in [5, 5.41) is 12.9. The third-order valence-corrected chi connectivity index (χ3v) is 5.31. The monoisotopic (exact) mass is 478 g/mol. The van der Waals surface area contributed by atoms with Crippen molar-refractivity contribution in [1.82, 2.24) is 10.2 Å². The molecule has 34 heavy (non-hydrogen) atoms. The van der Waals surface area contributed by atoms with Crippen molar-refractivity contribution in [3.05, 3.63) is 35.6 Å². The molecule has 1 aromatic heterocycles. The topological polar surface area (TPSA) is 112 Å². The molecule has 1 aliphatic rings. The van der Waals surface area contributed by atoms with Gasteiger partial charge in [0.2, 0.25) is 0 Å². The van der Waals surface area contributed by atoms with E-state index in [-0.39, 0.29) is 20.0 Å². The molecule has 0 amide bonds. The predicted molar refractivity (Wildman–Crippen MR) is 124 cm³/mol. The fourth-order valence-electron chi connectivity index (χ4n) is 3.75. The number of nitrogens with one attached hydrogen (secondary N) is 1. The van der Waals surface area contributed by atoms with Crippen LogP contribution >= 0.6 is 0 Å². The second-order valence-electron chi connectivity index (χ2n) is 7.88. The number of methoxy groups -OCH3 is 2. The zero-order chi connectivity index (χ0) is 24.2. The molecule has 2 heterocycles. The smallest absolute Gasteiger partial charge is 0.307 e. The fourth-order valence-corrected chi connectivity index (χ4v) is 3.75. The van der Waals surface area contributed by atoms with Crippen molar-refractivity contribution in [1.29, 1.82) is 0 Å². The maximum atomic E-state index is 11.5. The Kier molecular flexibility index (Phi) is 10.6. The number of aliphatic carboxylic acids is 1. The Morgan fingerprint density at radius 2 is 1.88 bits per heavy atom. The molecule has 0 unspecified atom stereocenters. The number of hydrogen-bond donors (Lipinski definition) is 2. The lowest BCUT2D eigenvalue weighted by Gasteiger charge is -2.26. The molecule has 188 valence electrons. The van der Waals surface area contributed by atoms with E-state index < -0.39 is 5.97 Å². The maximum Gasteiger partial charge on any atom is 0.307 e. The summed E-state index contributed by atoms with van der Waals surface area (Å²) in [4.78, 5) is 13.9. The molecule has 10 nitrogen and oxygen atoms in total. The molecule has 1 fully saturated rings. The van der Waals surface area contributed by atoms with Crippen LogP contribution in [0.3, 0.4) is 0 Å². The fraction of sp³-hybridized carbons (Fsp3) is 0.542. The molecule has 1 saturated heterocycles. The van der Waals surface area contributed by atoms with Crippen molar-refractivity contribution in [2.45, 2.75) is 19.4 Å². The van der Waals surface area contributed by atoms with Gasteiger partial charge in [0.15, 0.2) is 13.6 Å². The van der Waals surface area contributed by atoms with Gasteiger partial charge in [-0.25, -0.2) is 0 Å². The summed E-state index contributed by atoms with van der Waals surface area (Å²) < 4.78 is 32.7. The predicted octanol–water partition coefficient (Wildman–Crippen LogP) is 2.35. The Morgan fingerprint density at radius 1 is 1.12 bits per heavy atom. The van der Waals surface area contributed by atoms with Gasteiger partial charge in [-0.3, -0.25) is 9.69 Å². The van der Waals surface area contributed by atoms with Gasteiger partial charge in [0.25, 0.3) is 0 Å². The summed E-state index contributed by atoms with van der Waals surface area (Å²) in [5.74, 6) is 1.13. The van der Waals surface area contributed by atoms with E-state index in [0.29, 0.717) is 34.9 Å². The number of ether oxygens (including phenoxy) is 5. The summed E-state index contributed by atoms with van der Waals surface area (Å²) in [7, 11) is 3.02. The molecule has 0 spiro atoms. The average molecular weight is 479 g/mol. The number of nitrogens with zero attached hydrogens (tertiary/aromatic N) is 1. The number of carbonyl (C=O) groups is 1. The lowest BCUT2D eigenvalue weighted by molar-refractivity contribution is -0.136. The van der Waals surface area contributed by atoms with Gasteiger partial charge in [0, 0.05) is 33.4 Å². The number of carboxylic acid groups (broad SMARTS) is 1. The van der Waals surface area contributed by atoms with Gasteiger partial charge >= 0.3 is 5.97 Å². The molecule has 0 atom stereocenters. The van der Waals surface area contributed by atoms with E-state index in [2.05, 4.69) is 10.2 Å². The van der Waals surface area contributed by atoms with Crippen molar-refractivity contribution >= 4 is 5.97 Å². The van der Waals surface area contributed by atoms with Crippen LogP contribution in [0.15, 0.2) is 28.7 Å². The van der Waals surface area contributed by atoms with Crippen molar-refractivity contribution in [3.63, 3.8) is 0 Å². The normalized spacial score (nSPS) is 14.3. The average Bonchev–Trinajstić information content (AvgIpc) is 3.29. The van der Waals surface area contributed by atoms with Crippen molar-refractivity contribution in [2.24, 2.45) is 0 Å². The number of rotatable bonds is 15. The van der Waals surface area contributed by atoms with Crippen LogP contribution in [0.25, 0.3) is 11.3 Å². The first-order valence-electron chi connectivity index (χ1n) is 11.3. The maximum absolute atomic E-state index is 11.5. The highest BCUT2D eigenvalue weighted by Crippen LogP contribution is 2.38. The number of morpholine rings is 1. The Morgan fingerprint density at radius 3 is 2.62 bits per heavy atom. The minimum atomic E-state index is -0.975. The first-order valence-corrected chi connectivity index (χ1v) is 11.3. The lowest BCUT2D eigenvalue weighted by atomic mass is 10.0. The van der Waals surface area contributed by atoms with E-state index in [4.69, 9.17) is 28.1 Å². The highest BCUT2D eigenvalue weighted by Gasteiger charge is 2.20. The molecule has 0 radical (unpaired) electrons. The van der Waals surface area contributed by atoms with Crippen LogP contribution in [0, 0.1) is 0 Å². The van der Waals surface area contributed by atoms with Crippen molar-refractivity contribution in [3.8, 4) is 22.8 Å². The number of benzene rings is 1. The molecule has 1 aliphatic heterocycles. The third-order valence-electron chi connectivity index (χ3n) is 5.31. The molecule has 0 bridgehead atoms. The van der Waals surface area contributed by atoms with Gasteiger partial charge in [0.1, 0.15) is 23.0 Å². The highest BCUT2D eigenvalue weighted by atomic mass is 16.7. The summed E-state index contributed by atoms with van der Waals surface area (Å²) in [6.45, 7) is 6.08. The summed E-state index contributed by atoms with van der Waals surface area (Å²) >= 11 is 0. The molecule has 1 aromatic carbocycles. The first-order chi connectivity index (χ1) is 16.6. The van der Waals surface area contributed by atoms with Gasteiger partial charge < -0.3 is 38.5 Å². The van der Waals surface area contributed by atoms with E-state index in [1.165, 1.54) is 14.2 Å². The van der Waals surface area contributed by atoms with Crippen LogP contribution in [0.4, 0.5) is 0 Å². The Hall–Kier alpha value is -2.63. The van der Waals surface area contributed by atoms with E-state index >= 15 is 0 Å². The lowest BCUT2D eigenvalue weighted by Crippen LogP contribution is -2.37. The molecule has 2 N–H and O–H groups in total. The van der Waals surface area contributed by atoms with Crippen LogP contribution in [0.1, 0.15) is 17.7 Å². The van der Waals surface area contributed by atoms with Crippen LogP contribution < -0.4 is 14.8 Å². The number of hydrogen-bond acceptors (Lipinski definition) is 9. The minimum absolute atomic E-state index is 0.00843.